The first-order valence-electron chi connectivity index (χ1n) is 12.5. The number of ether oxygens (including phenoxy) is 6. The van der Waals surface area contributed by atoms with E-state index in [1.54, 1.807) is 0 Å². The standard InChI is InChI=1S/C26H36N2O11/c1-16(29)13-34-15-21-23(37-18(3)31)24(38-19(4)32)22(28-17(2)30)25(39-21)35-12-8-11-27-26(33)36-14-20-9-6-5-7-10-20/h5-7,9-10,21-25H,8,11-15H2,1-4H3,(H,27,33)(H,28,30)/t21-,22-,23+,24-,25-/m1/s1. The average molecular weight is 553 g/mol. The van der Waals surface area contributed by atoms with Crippen LogP contribution >= 0.6 is 0 Å². The van der Waals surface area contributed by atoms with Crippen LogP contribution in [-0.4, -0.2) is 86.7 Å². The van der Waals surface area contributed by atoms with E-state index >= 15 is 0 Å². The van der Waals surface area contributed by atoms with E-state index in [9.17, 15) is 24.0 Å². The molecule has 2 amide bonds. The van der Waals surface area contributed by atoms with E-state index in [0.717, 1.165) is 5.56 Å². The first-order chi connectivity index (χ1) is 18.6. The lowest BCUT2D eigenvalue weighted by molar-refractivity contribution is -0.278. The molecule has 0 saturated carbocycles. The van der Waals surface area contributed by atoms with E-state index in [1.807, 2.05) is 30.3 Å². The fourth-order valence-corrected chi connectivity index (χ4v) is 3.79. The minimum absolute atomic E-state index is 0.0752. The summed E-state index contributed by atoms with van der Waals surface area (Å²) >= 11 is 0. The zero-order chi connectivity index (χ0) is 28.8. The highest BCUT2D eigenvalue weighted by atomic mass is 16.7. The van der Waals surface area contributed by atoms with Crippen LogP contribution in [0.3, 0.4) is 0 Å². The van der Waals surface area contributed by atoms with Gasteiger partial charge in [-0.25, -0.2) is 4.79 Å². The molecular formula is C26H36N2O11. The van der Waals surface area contributed by atoms with E-state index in [-0.39, 0.29) is 38.8 Å². The van der Waals surface area contributed by atoms with E-state index in [2.05, 4.69) is 10.6 Å². The molecule has 13 heteroatoms. The van der Waals surface area contributed by atoms with Gasteiger partial charge in [0.1, 0.15) is 25.4 Å². The molecule has 0 aliphatic carbocycles. The van der Waals surface area contributed by atoms with Gasteiger partial charge in [0.2, 0.25) is 5.91 Å². The number of hydrogen-bond acceptors (Lipinski definition) is 11. The van der Waals surface area contributed by atoms with Crippen molar-refractivity contribution in [2.45, 2.75) is 71.4 Å². The molecule has 39 heavy (non-hydrogen) atoms. The fourth-order valence-electron chi connectivity index (χ4n) is 3.79. The van der Waals surface area contributed by atoms with Crippen molar-refractivity contribution in [1.29, 1.82) is 0 Å². The second-order valence-corrected chi connectivity index (χ2v) is 8.85. The highest BCUT2D eigenvalue weighted by Gasteiger charge is 2.51. The summed E-state index contributed by atoms with van der Waals surface area (Å²) in [6.07, 6.45) is -4.70. The quantitative estimate of drug-likeness (QED) is 0.192. The minimum Gasteiger partial charge on any atom is -0.456 e. The van der Waals surface area contributed by atoms with Gasteiger partial charge in [0, 0.05) is 27.3 Å². The summed E-state index contributed by atoms with van der Waals surface area (Å²) in [6, 6.07) is 8.19. The van der Waals surface area contributed by atoms with Crippen molar-refractivity contribution in [3.8, 4) is 0 Å². The minimum atomic E-state index is -1.17. The summed E-state index contributed by atoms with van der Waals surface area (Å²) in [5, 5.41) is 5.25. The molecule has 5 atom stereocenters. The number of carbonyl (C=O) groups excluding carboxylic acids is 5. The lowest BCUT2D eigenvalue weighted by Crippen LogP contribution is -2.66. The van der Waals surface area contributed by atoms with Gasteiger partial charge in [-0.15, -0.1) is 0 Å². The number of ketones is 1. The van der Waals surface area contributed by atoms with Crippen LogP contribution in [0.2, 0.25) is 0 Å². The Morgan fingerprint density at radius 3 is 2.21 bits per heavy atom. The third-order valence-corrected chi connectivity index (χ3v) is 5.29. The van der Waals surface area contributed by atoms with Gasteiger partial charge in [-0.05, 0) is 18.9 Å². The molecule has 2 N–H and O–H groups in total. The summed E-state index contributed by atoms with van der Waals surface area (Å²) < 4.78 is 33.2. The van der Waals surface area contributed by atoms with Gasteiger partial charge in [-0.3, -0.25) is 19.2 Å². The van der Waals surface area contributed by atoms with Gasteiger partial charge >= 0.3 is 18.0 Å². The van der Waals surface area contributed by atoms with Gasteiger partial charge in [0.05, 0.1) is 13.2 Å². The molecule has 0 unspecified atom stereocenters. The lowest BCUT2D eigenvalue weighted by atomic mass is 9.96. The average Bonchev–Trinajstić information content (AvgIpc) is 2.86. The van der Waals surface area contributed by atoms with Crippen molar-refractivity contribution in [2.75, 3.05) is 26.4 Å². The van der Waals surface area contributed by atoms with Crippen LogP contribution in [0.4, 0.5) is 4.79 Å². The third kappa shape index (κ3) is 11.8. The molecule has 216 valence electrons. The van der Waals surface area contributed by atoms with E-state index in [1.165, 1.54) is 27.7 Å². The molecule has 1 aliphatic rings. The van der Waals surface area contributed by atoms with Crippen molar-refractivity contribution in [3.05, 3.63) is 35.9 Å². The zero-order valence-electron chi connectivity index (χ0n) is 22.5. The smallest absolute Gasteiger partial charge is 0.407 e. The molecule has 1 saturated heterocycles. The molecule has 1 aromatic rings. The molecule has 0 radical (unpaired) electrons. The highest BCUT2D eigenvalue weighted by molar-refractivity contribution is 5.76. The number of Topliss-reactive ketones (excluding diaryl/α,β-unsaturated/α-hetero) is 1. The maximum absolute atomic E-state index is 12.0. The largest absolute Gasteiger partial charge is 0.456 e. The fraction of sp³-hybridized carbons (Fsp3) is 0.577. The van der Waals surface area contributed by atoms with Crippen molar-refractivity contribution >= 4 is 29.7 Å². The number of carbonyl (C=O) groups is 5. The Labute approximate surface area is 226 Å². The maximum atomic E-state index is 12.0. The Bertz CT molecular complexity index is 972. The van der Waals surface area contributed by atoms with Crippen LogP contribution in [-0.2, 0) is 54.2 Å². The van der Waals surface area contributed by atoms with Crippen LogP contribution in [0.25, 0.3) is 0 Å². The van der Waals surface area contributed by atoms with Crippen LogP contribution in [0, 0.1) is 0 Å². The molecular weight excluding hydrogens is 516 g/mol. The van der Waals surface area contributed by atoms with Crippen LogP contribution in [0.1, 0.15) is 39.7 Å². The summed E-state index contributed by atoms with van der Waals surface area (Å²) in [5.74, 6) is -2.06. The molecule has 1 heterocycles. The van der Waals surface area contributed by atoms with Gasteiger partial charge < -0.3 is 39.1 Å². The molecule has 1 aliphatic heterocycles. The molecule has 0 spiro atoms. The Balaban J connectivity index is 2.02. The van der Waals surface area contributed by atoms with Gasteiger partial charge in [0.25, 0.3) is 0 Å². The Kier molecular flexibility index (Phi) is 13.3. The number of nitrogens with one attached hydrogen (secondary N) is 2. The highest BCUT2D eigenvalue weighted by Crippen LogP contribution is 2.28. The SMILES string of the molecule is CC(=O)COC[C@H]1O[C@@H](OCCCNC(=O)OCc2ccccc2)[C@H](NC(C)=O)[C@@H](OC(C)=O)[C@H]1OC(C)=O. The number of alkyl carbamates (subject to hydrolysis) is 1. The second kappa shape index (κ2) is 16.4. The molecule has 1 aromatic carbocycles. The van der Waals surface area contributed by atoms with Crippen LogP contribution < -0.4 is 10.6 Å². The third-order valence-electron chi connectivity index (χ3n) is 5.29. The van der Waals surface area contributed by atoms with Gasteiger partial charge in [-0.1, -0.05) is 30.3 Å². The number of benzene rings is 1. The summed E-state index contributed by atoms with van der Waals surface area (Å²) in [7, 11) is 0. The summed E-state index contributed by atoms with van der Waals surface area (Å²) in [5.41, 5.74) is 0.852. The van der Waals surface area contributed by atoms with Gasteiger partial charge in [-0.2, -0.15) is 0 Å². The number of rotatable bonds is 14. The summed E-state index contributed by atoms with van der Waals surface area (Å²) in [6.45, 7) is 4.98. The van der Waals surface area contributed by atoms with E-state index in [4.69, 9.17) is 28.4 Å². The Hall–Kier alpha value is -3.55. The van der Waals surface area contributed by atoms with Gasteiger partial charge in [0.15, 0.2) is 24.3 Å². The monoisotopic (exact) mass is 552 g/mol. The number of amides is 2. The zero-order valence-corrected chi connectivity index (χ0v) is 22.5. The Morgan fingerprint density at radius 1 is 0.923 bits per heavy atom. The molecule has 2 rings (SSSR count). The predicted molar refractivity (Wildman–Crippen MR) is 134 cm³/mol. The maximum Gasteiger partial charge on any atom is 0.407 e. The number of hydrogen-bond donors (Lipinski definition) is 2. The first kappa shape index (κ1) is 31.7. The topological polar surface area (TPSA) is 165 Å². The molecule has 0 bridgehead atoms. The Morgan fingerprint density at radius 2 is 1.59 bits per heavy atom. The second-order valence-electron chi connectivity index (χ2n) is 8.85. The van der Waals surface area contributed by atoms with Crippen molar-refractivity contribution in [3.63, 3.8) is 0 Å². The predicted octanol–water partition coefficient (Wildman–Crippen LogP) is 1.02. The molecule has 13 nitrogen and oxygen atoms in total. The first-order valence-corrected chi connectivity index (χ1v) is 12.5. The molecule has 0 aromatic heterocycles. The van der Waals surface area contributed by atoms with E-state index in [0.29, 0.717) is 6.42 Å². The van der Waals surface area contributed by atoms with Crippen molar-refractivity contribution in [1.82, 2.24) is 10.6 Å². The lowest BCUT2D eigenvalue weighted by Gasteiger charge is -2.45. The van der Waals surface area contributed by atoms with Crippen LogP contribution in [0.5, 0.6) is 0 Å². The van der Waals surface area contributed by atoms with Crippen molar-refractivity contribution in [2.24, 2.45) is 0 Å². The van der Waals surface area contributed by atoms with Crippen molar-refractivity contribution < 1.29 is 52.4 Å². The molecule has 1 fully saturated rings. The summed E-state index contributed by atoms with van der Waals surface area (Å²) in [4.78, 5) is 59.0. The van der Waals surface area contributed by atoms with Crippen LogP contribution in [0.15, 0.2) is 30.3 Å². The normalized spacial score (nSPS) is 22.3. The van der Waals surface area contributed by atoms with E-state index < -0.39 is 54.6 Å². The number of esters is 2.